The van der Waals surface area contributed by atoms with E-state index in [0.717, 1.165) is 16.8 Å². The number of benzene rings is 2. The third-order valence-corrected chi connectivity index (χ3v) is 2.94. The Balaban J connectivity index is 2.01. The first-order valence-electron chi connectivity index (χ1n) is 6.00. The Hall–Kier alpha value is -1.84. The first-order chi connectivity index (χ1) is 9.17. The number of rotatable bonds is 4. The van der Waals surface area contributed by atoms with Gasteiger partial charge in [0.05, 0.1) is 6.42 Å². The van der Waals surface area contributed by atoms with Crippen LogP contribution in [0.5, 0.6) is 0 Å². The van der Waals surface area contributed by atoms with E-state index in [-0.39, 0.29) is 5.91 Å². The number of hydrogen-bond acceptors (Lipinski definition) is 2. The highest BCUT2D eigenvalue weighted by Gasteiger charge is 2.05. The average Bonchev–Trinajstić information content (AvgIpc) is 2.38. The minimum Gasteiger partial charge on any atom is -0.326 e. The maximum Gasteiger partial charge on any atom is 0.228 e. The monoisotopic (exact) mass is 274 g/mol. The van der Waals surface area contributed by atoms with Crippen molar-refractivity contribution in [2.45, 2.75) is 13.0 Å². The summed E-state index contributed by atoms with van der Waals surface area (Å²) in [7, 11) is 0. The van der Waals surface area contributed by atoms with Crippen molar-refractivity contribution in [2.75, 3.05) is 5.32 Å². The second kappa shape index (κ2) is 6.36. The molecule has 98 valence electrons. The molecule has 0 aliphatic heterocycles. The smallest absolute Gasteiger partial charge is 0.228 e. The van der Waals surface area contributed by atoms with Crippen LogP contribution in [0.3, 0.4) is 0 Å². The Morgan fingerprint density at radius 2 is 1.84 bits per heavy atom. The highest BCUT2D eigenvalue weighted by Crippen LogP contribution is 2.13. The van der Waals surface area contributed by atoms with E-state index in [1.165, 1.54) is 0 Å². The van der Waals surface area contributed by atoms with Crippen LogP contribution in [0.25, 0.3) is 0 Å². The van der Waals surface area contributed by atoms with Crippen molar-refractivity contribution in [3.8, 4) is 0 Å². The zero-order chi connectivity index (χ0) is 13.7. The number of hydrogen-bond donors (Lipinski definition) is 2. The van der Waals surface area contributed by atoms with Crippen LogP contribution in [0.1, 0.15) is 11.1 Å². The van der Waals surface area contributed by atoms with Crippen LogP contribution in [0.15, 0.2) is 48.5 Å². The van der Waals surface area contributed by atoms with Gasteiger partial charge in [0, 0.05) is 17.3 Å². The highest BCUT2D eigenvalue weighted by molar-refractivity contribution is 6.30. The summed E-state index contributed by atoms with van der Waals surface area (Å²) in [5, 5.41) is 3.48. The van der Waals surface area contributed by atoms with E-state index in [9.17, 15) is 4.79 Å². The molecule has 4 heteroatoms. The molecule has 0 bridgehead atoms. The van der Waals surface area contributed by atoms with Crippen LogP contribution in [-0.4, -0.2) is 5.91 Å². The van der Waals surface area contributed by atoms with E-state index in [0.29, 0.717) is 18.0 Å². The van der Waals surface area contributed by atoms with Gasteiger partial charge < -0.3 is 11.1 Å². The van der Waals surface area contributed by atoms with Crippen molar-refractivity contribution < 1.29 is 4.79 Å². The molecule has 0 aliphatic carbocycles. The Morgan fingerprint density at radius 3 is 2.58 bits per heavy atom. The number of anilines is 1. The molecule has 0 spiro atoms. The standard InChI is InChI=1S/C15H15ClN2O/c16-13-5-1-3-11(7-13)9-15(19)18-14-6-2-4-12(8-14)10-17/h1-8H,9-10,17H2,(H,18,19). The molecule has 0 saturated carbocycles. The first-order valence-corrected chi connectivity index (χ1v) is 6.38. The number of halogens is 1. The zero-order valence-electron chi connectivity index (χ0n) is 10.4. The van der Waals surface area contributed by atoms with Gasteiger partial charge in [0.25, 0.3) is 0 Å². The quantitative estimate of drug-likeness (QED) is 0.901. The SMILES string of the molecule is NCc1cccc(NC(=O)Cc2cccc(Cl)c2)c1. The van der Waals surface area contributed by atoms with Crippen LogP contribution in [0.4, 0.5) is 5.69 Å². The summed E-state index contributed by atoms with van der Waals surface area (Å²) in [6.45, 7) is 0.456. The predicted octanol–water partition coefficient (Wildman–Crippen LogP) is 2.98. The molecule has 2 aromatic rings. The number of amides is 1. The summed E-state index contributed by atoms with van der Waals surface area (Å²) in [4.78, 5) is 11.9. The minimum absolute atomic E-state index is 0.0727. The summed E-state index contributed by atoms with van der Waals surface area (Å²) in [6.07, 6.45) is 0.299. The summed E-state index contributed by atoms with van der Waals surface area (Å²) in [5.41, 5.74) is 8.20. The van der Waals surface area contributed by atoms with E-state index in [4.69, 9.17) is 17.3 Å². The van der Waals surface area contributed by atoms with Gasteiger partial charge in [-0.15, -0.1) is 0 Å². The van der Waals surface area contributed by atoms with E-state index < -0.39 is 0 Å². The van der Waals surface area contributed by atoms with Gasteiger partial charge in [0.15, 0.2) is 0 Å². The molecule has 0 fully saturated rings. The zero-order valence-corrected chi connectivity index (χ0v) is 11.2. The molecule has 19 heavy (non-hydrogen) atoms. The van der Waals surface area contributed by atoms with Crippen molar-refractivity contribution in [3.63, 3.8) is 0 Å². The van der Waals surface area contributed by atoms with Gasteiger partial charge >= 0.3 is 0 Å². The summed E-state index contributed by atoms with van der Waals surface area (Å²) < 4.78 is 0. The number of carbonyl (C=O) groups excluding carboxylic acids is 1. The van der Waals surface area contributed by atoms with E-state index >= 15 is 0 Å². The molecular weight excluding hydrogens is 260 g/mol. The van der Waals surface area contributed by atoms with Crippen molar-refractivity contribution >= 4 is 23.2 Å². The van der Waals surface area contributed by atoms with Crippen molar-refractivity contribution in [3.05, 3.63) is 64.7 Å². The third kappa shape index (κ3) is 4.09. The Bertz CT molecular complexity index is 584. The van der Waals surface area contributed by atoms with Gasteiger partial charge in [-0.3, -0.25) is 4.79 Å². The Labute approximate surface area is 117 Å². The molecule has 1 amide bonds. The normalized spacial score (nSPS) is 10.2. The maximum atomic E-state index is 11.9. The molecule has 0 heterocycles. The van der Waals surface area contributed by atoms with Gasteiger partial charge in [0.1, 0.15) is 0 Å². The molecule has 0 aliphatic rings. The molecule has 0 aromatic heterocycles. The fourth-order valence-corrected chi connectivity index (χ4v) is 2.03. The summed E-state index contributed by atoms with van der Waals surface area (Å²) in [6, 6.07) is 14.8. The number of nitrogens with one attached hydrogen (secondary N) is 1. The third-order valence-electron chi connectivity index (χ3n) is 2.70. The molecule has 0 saturated heterocycles. The van der Waals surface area contributed by atoms with Crippen LogP contribution >= 0.6 is 11.6 Å². The van der Waals surface area contributed by atoms with Crippen LogP contribution < -0.4 is 11.1 Å². The van der Waals surface area contributed by atoms with Gasteiger partial charge in [-0.2, -0.15) is 0 Å². The lowest BCUT2D eigenvalue weighted by Crippen LogP contribution is -2.14. The maximum absolute atomic E-state index is 11.9. The second-order valence-corrected chi connectivity index (χ2v) is 4.70. The highest BCUT2D eigenvalue weighted by atomic mass is 35.5. The van der Waals surface area contributed by atoms with Crippen molar-refractivity contribution in [1.29, 1.82) is 0 Å². The molecule has 2 rings (SSSR count). The molecule has 3 N–H and O–H groups in total. The fraction of sp³-hybridized carbons (Fsp3) is 0.133. The van der Waals surface area contributed by atoms with Crippen molar-refractivity contribution in [1.82, 2.24) is 0 Å². The Morgan fingerprint density at radius 1 is 1.11 bits per heavy atom. The number of carbonyl (C=O) groups is 1. The largest absolute Gasteiger partial charge is 0.326 e. The molecular formula is C15H15ClN2O. The van der Waals surface area contributed by atoms with Gasteiger partial charge in [0.2, 0.25) is 5.91 Å². The Kier molecular flexibility index (Phi) is 4.55. The minimum atomic E-state index is -0.0727. The lowest BCUT2D eigenvalue weighted by atomic mass is 10.1. The molecule has 0 atom stereocenters. The average molecular weight is 275 g/mol. The van der Waals surface area contributed by atoms with E-state index in [1.54, 1.807) is 12.1 Å². The summed E-state index contributed by atoms with van der Waals surface area (Å²) in [5.74, 6) is -0.0727. The second-order valence-electron chi connectivity index (χ2n) is 4.26. The topological polar surface area (TPSA) is 55.1 Å². The lowest BCUT2D eigenvalue weighted by molar-refractivity contribution is -0.115. The molecule has 0 unspecified atom stereocenters. The van der Waals surface area contributed by atoms with Gasteiger partial charge in [-0.25, -0.2) is 0 Å². The van der Waals surface area contributed by atoms with Crippen LogP contribution in [0, 0.1) is 0 Å². The van der Waals surface area contributed by atoms with Gasteiger partial charge in [-0.05, 0) is 35.4 Å². The molecule has 3 nitrogen and oxygen atoms in total. The van der Waals surface area contributed by atoms with E-state index in [1.807, 2.05) is 36.4 Å². The molecule has 2 aromatic carbocycles. The summed E-state index contributed by atoms with van der Waals surface area (Å²) >= 11 is 5.88. The van der Waals surface area contributed by atoms with Crippen LogP contribution in [-0.2, 0) is 17.8 Å². The van der Waals surface area contributed by atoms with Gasteiger partial charge in [-0.1, -0.05) is 35.9 Å². The first kappa shape index (κ1) is 13.6. The predicted molar refractivity (Wildman–Crippen MR) is 78.1 cm³/mol. The van der Waals surface area contributed by atoms with E-state index in [2.05, 4.69) is 5.32 Å². The van der Waals surface area contributed by atoms with Crippen molar-refractivity contribution in [2.24, 2.45) is 5.73 Å². The van der Waals surface area contributed by atoms with Crippen LogP contribution in [0.2, 0.25) is 5.02 Å². The fourth-order valence-electron chi connectivity index (χ4n) is 1.81. The number of nitrogens with two attached hydrogens (primary N) is 1. The molecule has 0 radical (unpaired) electrons. The lowest BCUT2D eigenvalue weighted by Gasteiger charge is -2.07.